The predicted molar refractivity (Wildman–Crippen MR) is 150 cm³/mol. The fraction of sp³-hybridized carbons (Fsp3) is 1.00. The second-order valence-corrected chi connectivity index (χ2v) is 11.6. The van der Waals surface area contributed by atoms with Gasteiger partial charge in [-0.1, -0.05) is 162 Å². The van der Waals surface area contributed by atoms with Crippen LogP contribution in [0.3, 0.4) is 0 Å². The van der Waals surface area contributed by atoms with Crippen molar-refractivity contribution in [2.75, 3.05) is 0 Å². The van der Waals surface area contributed by atoms with Gasteiger partial charge in [-0.3, -0.25) is 0 Å². The molecule has 2 heteroatoms. The summed E-state index contributed by atoms with van der Waals surface area (Å²) in [4.78, 5) is 11.7. The van der Waals surface area contributed by atoms with Gasteiger partial charge in [0.1, 0.15) is 0 Å². The first-order valence-corrected chi connectivity index (χ1v) is 15.3. The molecule has 0 N–H and O–H groups in total. The molecule has 0 heterocycles. The van der Waals surface area contributed by atoms with Crippen LogP contribution in [0.15, 0.2) is 5.18 Å². The molecule has 0 saturated carbocycles. The van der Waals surface area contributed by atoms with Crippen molar-refractivity contribution in [2.45, 2.75) is 176 Å². The molecule has 4 unspecified atom stereocenters. The molecule has 4 atom stereocenters. The summed E-state index contributed by atoms with van der Waals surface area (Å²) in [6.45, 7) is 14.0. The van der Waals surface area contributed by atoms with E-state index in [-0.39, 0.29) is 6.04 Å². The zero-order valence-corrected chi connectivity index (χ0v) is 23.9. The van der Waals surface area contributed by atoms with Crippen LogP contribution in [0.1, 0.15) is 170 Å². The van der Waals surface area contributed by atoms with Crippen LogP contribution < -0.4 is 0 Å². The first-order valence-electron chi connectivity index (χ1n) is 15.3. The molecule has 0 aliphatic rings. The topological polar surface area (TPSA) is 29.4 Å². The van der Waals surface area contributed by atoms with Crippen molar-refractivity contribution >= 4 is 0 Å². The van der Waals surface area contributed by atoms with Crippen molar-refractivity contribution < 1.29 is 0 Å². The number of nitroso groups, excluding NO2 is 1. The van der Waals surface area contributed by atoms with Crippen LogP contribution in [0, 0.1) is 28.6 Å². The molecule has 0 bridgehead atoms. The van der Waals surface area contributed by atoms with E-state index in [1.165, 1.54) is 116 Å². The molecule has 0 saturated heterocycles. The van der Waals surface area contributed by atoms with Gasteiger partial charge in [0.15, 0.2) is 0 Å². The molecule has 0 rings (SSSR count). The second kappa shape index (κ2) is 23.3. The minimum absolute atomic E-state index is 0.0397. The Labute approximate surface area is 209 Å². The number of nitrogens with zero attached hydrogens (tertiary/aromatic N) is 1. The normalized spacial score (nSPS) is 16.3. The third kappa shape index (κ3) is 19.6. The Morgan fingerprint density at radius 2 is 0.909 bits per heavy atom. The fourth-order valence-electron chi connectivity index (χ4n) is 5.57. The summed E-state index contributed by atoms with van der Waals surface area (Å²) in [5, 5.41) is 3.62. The Hall–Kier alpha value is -0.400. The van der Waals surface area contributed by atoms with E-state index in [0.717, 1.165) is 24.7 Å². The van der Waals surface area contributed by atoms with Gasteiger partial charge in [-0.2, -0.15) is 4.91 Å². The maximum atomic E-state index is 11.7. The van der Waals surface area contributed by atoms with Gasteiger partial charge in [-0.05, 0) is 36.5 Å². The highest BCUT2D eigenvalue weighted by molar-refractivity contribution is 4.75. The molecule has 198 valence electrons. The van der Waals surface area contributed by atoms with E-state index >= 15 is 0 Å². The van der Waals surface area contributed by atoms with Crippen molar-refractivity contribution in [1.82, 2.24) is 0 Å². The van der Waals surface area contributed by atoms with Crippen LogP contribution in [0.2, 0.25) is 0 Å². The summed E-state index contributed by atoms with van der Waals surface area (Å²) in [6.07, 6.45) is 26.2. The van der Waals surface area contributed by atoms with Gasteiger partial charge in [0.2, 0.25) is 0 Å². The summed E-state index contributed by atoms with van der Waals surface area (Å²) < 4.78 is 0. The van der Waals surface area contributed by atoms with Crippen LogP contribution in [-0.2, 0) is 0 Å². The van der Waals surface area contributed by atoms with Gasteiger partial charge in [0, 0.05) is 0 Å². The number of hydrogen-bond donors (Lipinski definition) is 0. The summed E-state index contributed by atoms with van der Waals surface area (Å²) >= 11 is 0. The molecular formula is C31H63NO. The fourth-order valence-corrected chi connectivity index (χ4v) is 5.57. The van der Waals surface area contributed by atoms with Crippen LogP contribution in [0.4, 0.5) is 0 Å². The van der Waals surface area contributed by atoms with Crippen molar-refractivity contribution in [3.05, 3.63) is 4.91 Å². The molecule has 0 aromatic rings. The Kier molecular flexibility index (Phi) is 23.1. The highest BCUT2D eigenvalue weighted by Gasteiger charge is 2.20. The van der Waals surface area contributed by atoms with Crippen LogP contribution in [0.5, 0.6) is 0 Å². The second-order valence-electron chi connectivity index (χ2n) is 11.6. The van der Waals surface area contributed by atoms with E-state index in [1.54, 1.807) is 0 Å². The molecule has 0 spiro atoms. The summed E-state index contributed by atoms with van der Waals surface area (Å²) in [6, 6.07) is 0.0397. The van der Waals surface area contributed by atoms with E-state index in [9.17, 15) is 4.91 Å². The van der Waals surface area contributed by atoms with Gasteiger partial charge in [0.25, 0.3) is 0 Å². The average Bonchev–Trinajstić information content (AvgIpc) is 2.82. The lowest BCUT2D eigenvalue weighted by atomic mass is 9.84. The molecule has 0 radical (unpaired) electrons. The van der Waals surface area contributed by atoms with Gasteiger partial charge < -0.3 is 0 Å². The van der Waals surface area contributed by atoms with E-state index in [2.05, 4.69) is 46.7 Å². The molecule has 0 aliphatic carbocycles. The highest BCUT2D eigenvalue weighted by atomic mass is 16.3. The Morgan fingerprint density at radius 3 is 1.24 bits per heavy atom. The molecule has 0 aromatic carbocycles. The van der Waals surface area contributed by atoms with Gasteiger partial charge in [-0.15, -0.1) is 0 Å². The summed E-state index contributed by atoms with van der Waals surface area (Å²) in [5.41, 5.74) is 0. The SMILES string of the molecule is CCCCCCC(C)CCCC(CC)CC(CC(CC)CCCC(C)CCCCCC)N=O. The minimum atomic E-state index is 0.0397. The lowest BCUT2D eigenvalue weighted by Crippen LogP contribution is -2.16. The Balaban J connectivity index is 4.18. The Bertz CT molecular complexity index is 376. The van der Waals surface area contributed by atoms with Crippen LogP contribution in [-0.4, -0.2) is 6.04 Å². The number of rotatable bonds is 25. The quantitative estimate of drug-likeness (QED) is 0.0973. The first kappa shape index (κ1) is 32.6. The smallest absolute Gasteiger partial charge is 0.0925 e. The van der Waals surface area contributed by atoms with Crippen molar-refractivity contribution in [3.8, 4) is 0 Å². The van der Waals surface area contributed by atoms with E-state index in [4.69, 9.17) is 0 Å². The predicted octanol–water partition coefficient (Wildman–Crippen LogP) is 11.5. The van der Waals surface area contributed by atoms with Crippen LogP contribution >= 0.6 is 0 Å². The molecular weight excluding hydrogens is 402 g/mol. The average molecular weight is 466 g/mol. The van der Waals surface area contributed by atoms with Gasteiger partial charge in [0.05, 0.1) is 6.04 Å². The molecule has 0 fully saturated rings. The summed E-state index contributed by atoms with van der Waals surface area (Å²) in [7, 11) is 0. The highest BCUT2D eigenvalue weighted by Crippen LogP contribution is 2.29. The maximum Gasteiger partial charge on any atom is 0.0925 e. The summed E-state index contributed by atoms with van der Waals surface area (Å²) in [5.74, 6) is 3.08. The van der Waals surface area contributed by atoms with Crippen molar-refractivity contribution in [2.24, 2.45) is 28.8 Å². The molecule has 0 aliphatic heterocycles. The minimum Gasteiger partial charge on any atom is -0.151 e. The third-order valence-electron chi connectivity index (χ3n) is 8.23. The zero-order chi connectivity index (χ0) is 24.7. The molecule has 33 heavy (non-hydrogen) atoms. The monoisotopic (exact) mass is 465 g/mol. The van der Waals surface area contributed by atoms with E-state index < -0.39 is 0 Å². The molecule has 0 aromatic heterocycles. The van der Waals surface area contributed by atoms with Crippen LogP contribution in [0.25, 0.3) is 0 Å². The van der Waals surface area contributed by atoms with E-state index in [0.29, 0.717) is 11.8 Å². The van der Waals surface area contributed by atoms with Crippen molar-refractivity contribution in [1.29, 1.82) is 0 Å². The lowest BCUT2D eigenvalue weighted by Gasteiger charge is -2.23. The number of hydrogen-bond acceptors (Lipinski definition) is 2. The molecule has 2 nitrogen and oxygen atoms in total. The lowest BCUT2D eigenvalue weighted by molar-refractivity contribution is 0.309. The molecule has 0 amide bonds. The third-order valence-corrected chi connectivity index (χ3v) is 8.23. The van der Waals surface area contributed by atoms with Gasteiger partial charge >= 0.3 is 0 Å². The van der Waals surface area contributed by atoms with E-state index in [1.807, 2.05) is 0 Å². The van der Waals surface area contributed by atoms with Gasteiger partial charge in [-0.25, -0.2) is 0 Å². The zero-order valence-electron chi connectivity index (χ0n) is 23.9. The first-order chi connectivity index (χ1) is 16.0. The number of unbranched alkanes of at least 4 members (excludes halogenated alkanes) is 6. The standard InChI is InChI=1S/C31H63NO/c1-7-11-13-15-19-27(5)21-17-23-29(9-3)25-31(32-33)26-30(10-4)24-18-22-28(6)20-16-14-12-8-2/h27-31H,7-26H2,1-6H3. The van der Waals surface area contributed by atoms with Crippen molar-refractivity contribution in [3.63, 3.8) is 0 Å². The Morgan fingerprint density at radius 1 is 0.515 bits per heavy atom. The maximum absolute atomic E-state index is 11.7. The largest absolute Gasteiger partial charge is 0.151 e.